The van der Waals surface area contributed by atoms with E-state index in [1.165, 1.54) is 16.4 Å². The molecule has 0 saturated heterocycles. The van der Waals surface area contributed by atoms with Crippen molar-refractivity contribution in [2.45, 2.75) is 26.1 Å². The van der Waals surface area contributed by atoms with Crippen LogP contribution in [0.15, 0.2) is 72.8 Å². The lowest BCUT2D eigenvalue weighted by Crippen LogP contribution is -2.69. The Morgan fingerprint density at radius 2 is 0.885 bits per heavy atom. The molecule has 0 aliphatic carbocycles. The second-order valence-corrected chi connectivity index (χ2v) is 8.28. The predicted octanol–water partition coefficient (Wildman–Crippen LogP) is 5.92. The van der Waals surface area contributed by atoms with Gasteiger partial charge in [0.05, 0.1) is 6.15 Å². The van der Waals surface area contributed by atoms with Gasteiger partial charge in [-0.15, -0.1) is 0 Å². The minimum Gasteiger partial charge on any atom is -0.200 e. The first-order valence-corrected chi connectivity index (χ1v) is 10.1. The standard InChI is InChI=1S/C22H21BCl3/c1-3-16(2)23(17-4-10-20(24)11-5-17,18-6-12-21(25)13-7-18)19-8-14-22(26)15-9-19/h4-16H,3H2,1-2H3/q-1. The molecule has 0 aliphatic rings. The molecule has 4 heteroatoms. The summed E-state index contributed by atoms with van der Waals surface area (Å²) in [5.41, 5.74) is 3.81. The van der Waals surface area contributed by atoms with Gasteiger partial charge in [0.2, 0.25) is 0 Å². The van der Waals surface area contributed by atoms with Crippen LogP contribution < -0.4 is 16.4 Å². The van der Waals surface area contributed by atoms with Crippen LogP contribution in [0.3, 0.4) is 0 Å². The maximum Gasteiger partial charge on any atom is 0.0839 e. The lowest BCUT2D eigenvalue weighted by atomic mass is 9.10. The molecule has 0 fully saturated rings. The average Bonchev–Trinajstić information content (AvgIpc) is 2.66. The summed E-state index contributed by atoms with van der Waals surface area (Å²) >= 11 is 18.5. The Morgan fingerprint density at radius 3 is 1.12 bits per heavy atom. The lowest BCUT2D eigenvalue weighted by Gasteiger charge is -2.48. The zero-order valence-electron chi connectivity index (χ0n) is 14.9. The molecule has 0 aromatic heterocycles. The number of benzene rings is 3. The first kappa shape index (κ1) is 19.4. The van der Waals surface area contributed by atoms with Crippen molar-refractivity contribution in [1.29, 1.82) is 0 Å². The summed E-state index contributed by atoms with van der Waals surface area (Å²) in [6, 6.07) is 24.7. The first-order valence-electron chi connectivity index (χ1n) is 8.92. The highest BCUT2D eigenvalue weighted by atomic mass is 35.5. The second-order valence-electron chi connectivity index (χ2n) is 6.97. The van der Waals surface area contributed by atoms with Gasteiger partial charge < -0.3 is 0 Å². The Labute approximate surface area is 171 Å². The van der Waals surface area contributed by atoms with Crippen molar-refractivity contribution < 1.29 is 0 Å². The molecule has 0 radical (unpaired) electrons. The number of hydrogen-bond donors (Lipinski definition) is 0. The Bertz CT molecular complexity index is 744. The van der Waals surface area contributed by atoms with E-state index in [1.807, 2.05) is 36.4 Å². The fraction of sp³-hybridized carbons (Fsp3) is 0.182. The maximum absolute atomic E-state index is 6.18. The monoisotopic (exact) mass is 401 g/mol. The van der Waals surface area contributed by atoms with Crippen molar-refractivity contribution in [3.8, 4) is 0 Å². The van der Waals surface area contributed by atoms with Gasteiger partial charge >= 0.3 is 0 Å². The summed E-state index contributed by atoms with van der Waals surface area (Å²) in [5.74, 6) is 0.415. The first-order chi connectivity index (χ1) is 12.5. The zero-order valence-corrected chi connectivity index (χ0v) is 17.2. The Balaban J connectivity index is 2.35. The van der Waals surface area contributed by atoms with E-state index in [0.717, 1.165) is 21.5 Å². The topological polar surface area (TPSA) is 0 Å². The van der Waals surface area contributed by atoms with Gasteiger partial charge in [0, 0.05) is 15.1 Å². The van der Waals surface area contributed by atoms with E-state index in [4.69, 9.17) is 34.8 Å². The molecule has 0 saturated carbocycles. The molecule has 0 heterocycles. The van der Waals surface area contributed by atoms with Crippen LogP contribution in [0.1, 0.15) is 20.3 Å². The molecule has 0 N–H and O–H groups in total. The Hall–Kier alpha value is -1.41. The molecule has 0 spiro atoms. The van der Waals surface area contributed by atoms with Crippen LogP contribution in [0.5, 0.6) is 0 Å². The van der Waals surface area contributed by atoms with Crippen molar-refractivity contribution in [3.63, 3.8) is 0 Å². The van der Waals surface area contributed by atoms with Gasteiger partial charge in [0.15, 0.2) is 0 Å². The average molecular weight is 403 g/mol. The molecule has 134 valence electrons. The highest BCUT2D eigenvalue weighted by Crippen LogP contribution is 2.27. The van der Waals surface area contributed by atoms with Crippen molar-refractivity contribution in [2.24, 2.45) is 0 Å². The van der Waals surface area contributed by atoms with E-state index in [0.29, 0.717) is 5.82 Å². The Morgan fingerprint density at radius 1 is 0.615 bits per heavy atom. The summed E-state index contributed by atoms with van der Waals surface area (Å²) in [6.07, 6.45) is -0.144. The molecule has 0 nitrogen and oxygen atoms in total. The fourth-order valence-corrected chi connectivity index (χ4v) is 4.59. The molecule has 3 rings (SSSR count). The van der Waals surface area contributed by atoms with E-state index in [-0.39, 0.29) is 0 Å². The van der Waals surface area contributed by atoms with Crippen molar-refractivity contribution in [1.82, 2.24) is 0 Å². The van der Waals surface area contributed by atoms with E-state index < -0.39 is 6.15 Å². The normalized spacial score (nSPS) is 12.8. The lowest BCUT2D eigenvalue weighted by molar-refractivity contribution is 0.857. The van der Waals surface area contributed by atoms with E-state index in [9.17, 15) is 0 Å². The zero-order chi connectivity index (χ0) is 18.7. The quantitative estimate of drug-likeness (QED) is 0.465. The predicted molar refractivity (Wildman–Crippen MR) is 119 cm³/mol. The summed E-state index contributed by atoms with van der Waals surface area (Å²) in [4.78, 5) is 0. The minimum atomic E-state index is -1.19. The van der Waals surface area contributed by atoms with Crippen molar-refractivity contribution in [2.75, 3.05) is 0 Å². The van der Waals surface area contributed by atoms with E-state index >= 15 is 0 Å². The number of rotatable bonds is 5. The summed E-state index contributed by atoms with van der Waals surface area (Å²) in [6.45, 7) is 4.56. The maximum atomic E-state index is 6.18. The summed E-state index contributed by atoms with van der Waals surface area (Å²) < 4.78 is 0. The van der Waals surface area contributed by atoms with E-state index in [1.54, 1.807) is 0 Å². The number of hydrogen-bond acceptors (Lipinski definition) is 0. The van der Waals surface area contributed by atoms with Crippen LogP contribution in [0.4, 0.5) is 0 Å². The molecule has 1 unspecified atom stereocenters. The fourth-order valence-electron chi connectivity index (χ4n) is 4.22. The van der Waals surface area contributed by atoms with Crippen molar-refractivity contribution >= 4 is 57.3 Å². The van der Waals surface area contributed by atoms with Gasteiger partial charge in [-0.3, -0.25) is 0 Å². The van der Waals surface area contributed by atoms with Gasteiger partial charge in [-0.2, -0.15) is 22.2 Å². The third-order valence-electron chi connectivity index (χ3n) is 5.68. The highest BCUT2D eigenvalue weighted by Gasteiger charge is 2.34. The summed E-state index contributed by atoms with van der Waals surface area (Å²) in [7, 11) is 0. The molecule has 3 aromatic rings. The number of halogens is 3. The molecule has 0 amide bonds. The van der Waals surface area contributed by atoms with Gasteiger partial charge in [0.25, 0.3) is 0 Å². The SMILES string of the molecule is CCC(C)[B-](c1ccc(Cl)cc1)(c1ccc(Cl)cc1)c1ccc(Cl)cc1. The third kappa shape index (κ3) is 3.54. The van der Waals surface area contributed by atoms with Gasteiger partial charge in [-0.05, 0) is 36.4 Å². The van der Waals surface area contributed by atoms with E-state index in [2.05, 4.69) is 50.2 Å². The minimum absolute atomic E-state index is 0.415. The summed E-state index contributed by atoms with van der Waals surface area (Å²) in [5, 5.41) is 2.24. The largest absolute Gasteiger partial charge is 0.200 e. The molecular formula is C22H21BCl3-. The smallest absolute Gasteiger partial charge is 0.0839 e. The van der Waals surface area contributed by atoms with Crippen LogP contribution in [0.25, 0.3) is 0 Å². The van der Waals surface area contributed by atoms with Gasteiger partial charge in [0.1, 0.15) is 0 Å². The molecule has 26 heavy (non-hydrogen) atoms. The molecule has 1 atom stereocenters. The van der Waals surface area contributed by atoms with Crippen LogP contribution in [-0.2, 0) is 0 Å². The van der Waals surface area contributed by atoms with Gasteiger partial charge in [-0.1, -0.05) is 91.5 Å². The molecular weight excluding hydrogens is 381 g/mol. The molecule has 0 aliphatic heterocycles. The van der Waals surface area contributed by atoms with Gasteiger partial charge in [-0.25, -0.2) is 0 Å². The second kappa shape index (κ2) is 8.09. The molecule has 3 aromatic carbocycles. The van der Waals surface area contributed by atoms with Crippen LogP contribution in [0, 0.1) is 0 Å². The van der Waals surface area contributed by atoms with Crippen LogP contribution in [0.2, 0.25) is 20.9 Å². The van der Waals surface area contributed by atoms with Crippen LogP contribution >= 0.6 is 34.8 Å². The third-order valence-corrected chi connectivity index (χ3v) is 6.44. The Kier molecular flexibility index (Phi) is 6.02. The van der Waals surface area contributed by atoms with Crippen LogP contribution in [-0.4, -0.2) is 6.15 Å². The highest BCUT2D eigenvalue weighted by molar-refractivity contribution is 7.12. The van der Waals surface area contributed by atoms with Crippen molar-refractivity contribution in [3.05, 3.63) is 87.9 Å². The molecule has 0 bridgehead atoms.